The molecule has 0 radical (unpaired) electrons. The van der Waals surface area contributed by atoms with E-state index >= 15 is 0 Å². The number of nitrogens with two attached hydrogens (primary N) is 1. The molecule has 0 aliphatic rings. The average Bonchev–Trinajstić information content (AvgIpc) is 2.31. The molecule has 1 heterocycles. The number of aromatic nitrogens is 2. The maximum atomic E-state index is 5.96. The maximum Gasteiger partial charge on any atom is 0.242 e. The van der Waals surface area contributed by atoms with Gasteiger partial charge in [0.05, 0.1) is 6.10 Å². The van der Waals surface area contributed by atoms with Gasteiger partial charge in [0.1, 0.15) is 12.0 Å². The summed E-state index contributed by atoms with van der Waals surface area (Å²) in [6.45, 7) is 6.59. The van der Waals surface area contributed by atoms with Crippen LogP contribution in [0.2, 0.25) is 0 Å². The Kier molecular flexibility index (Phi) is 5.64. The Labute approximate surface area is 108 Å². The molecule has 1 aromatic rings. The predicted molar refractivity (Wildman–Crippen MR) is 71.8 cm³/mol. The molecule has 1 atom stereocenters. The number of nitrogens with zero attached hydrogens (tertiary/aromatic N) is 2. The van der Waals surface area contributed by atoms with E-state index in [1.54, 1.807) is 7.11 Å². The van der Waals surface area contributed by atoms with Crippen molar-refractivity contribution in [1.29, 1.82) is 0 Å². The van der Waals surface area contributed by atoms with Crippen molar-refractivity contribution in [2.45, 2.75) is 39.3 Å². The Morgan fingerprint density at radius 3 is 2.67 bits per heavy atom. The lowest BCUT2D eigenvalue weighted by molar-refractivity contribution is 0.191. The van der Waals surface area contributed by atoms with Crippen molar-refractivity contribution >= 4 is 11.5 Å². The molecule has 18 heavy (non-hydrogen) atoms. The van der Waals surface area contributed by atoms with E-state index in [-0.39, 0.29) is 12.1 Å². The van der Waals surface area contributed by atoms with Crippen molar-refractivity contribution in [2.24, 2.45) is 0 Å². The Morgan fingerprint density at radius 2 is 2.06 bits per heavy atom. The molecule has 0 saturated carbocycles. The number of nitrogen functional groups attached to an aromatic ring is 1. The summed E-state index contributed by atoms with van der Waals surface area (Å²) in [7, 11) is 1.68. The van der Waals surface area contributed by atoms with Crippen LogP contribution in [0.1, 0.15) is 27.2 Å². The summed E-state index contributed by atoms with van der Waals surface area (Å²) in [4.78, 5) is 8.15. The number of nitrogens with one attached hydrogen (secondary N) is 1. The highest BCUT2D eigenvalue weighted by molar-refractivity contribution is 5.66. The van der Waals surface area contributed by atoms with Gasteiger partial charge in [-0.1, -0.05) is 0 Å². The van der Waals surface area contributed by atoms with Crippen molar-refractivity contribution in [3.63, 3.8) is 0 Å². The van der Waals surface area contributed by atoms with Crippen LogP contribution in [0.4, 0.5) is 11.5 Å². The molecule has 0 amide bonds. The third-order valence-corrected chi connectivity index (χ3v) is 2.33. The van der Waals surface area contributed by atoms with E-state index in [0.717, 1.165) is 6.42 Å². The highest BCUT2D eigenvalue weighted by Crippen LogP contribution is 2.26. The lowest BCUT2D eigenvalue weighted by Gasteiger charge is -2.17. The Balaban J connectivity index is 2.71. The minimum absolute atomic E-state index is 0.0287. The largest absolute Gasteiger partial charge is 0.473 e. The normalized spacial score (nSPS) is 12.5. The zero-order chi connectivity index (χ0) is 13.5. The minimum atomic E-state index is 0.0287. The molecule has 6 heteroatoms. The summed E-state index contributed by atoms with van der Waals surface area (Å²) in [6, 6.07) is 0.217. The molecule has 0 aliphatic heterocycles. The molecule has 0 spiro atoms. The summed E-state index contributed by atoms with van der Waals surface area (Å²) in [5.41, 5.74) is 6.41. The molecule has 0 aliphatic carbocycles. The molecule has 1 rings (SSSR count). The fraction of sp³-hybridized carbons (Fsp3) is 0.667. The third-order valence-electron chi connectivity index (χ3n) is 2.33. The quantitative estimate of drug-likeness (QED) is 0.770. The number of rotatable bonds is 7. The van der Waals surface area contributed by atoms with Crippen LogP contribution in [-0.4, -0.2) is 35.8 Å². The van der Waals surface area contributed by atoms with Crippen molar-refractivity contribution in [3.05, 3.63) is 6.33 Å². The van der Waals surface area contributed by atoms with Gasteiger partial charge < -0.3 is 20.5 Å². The monoisotopic (exact) mass is 254 g/mol. The molecule has 0 saturated heterocycles. The summed E-state index contributed by atoms with van der Waals surface area (Å²) in [5, 5.41) is 3.22. The van der Waals surface area contributed by atoms with Gasteiger partial charge in [0.2, 0.25) is 5.88 Å². The zero-order valence-corrected chi connectivity index (χ0v) is 11.4. The second kappa shape index (κ2) is 7.00. The minimum Gasteiger partial charge on any atom is -0.473 e. The highest BCUT2D eigenvalue weighted by atomic mass is 16.5. The molecule has 0 aromatic carbocycles. The van der Waals surface area contributed by atoms with Crippen LogP contribution in [0.25, 0.3) is 0 Å². The summed E-state index contributed by atoms with van der Waals surface area (Å²) in [5.74, 6) is 1.02. The molecule has 102 valence electrons. The van der Waals surface area contributed by atoms with Crippen molar-refractivity contribution in [3.8, 4) is 5.88 Å². The van der Waals surface area contributed by atoms with E-state index in [0.29, 0.717) is 24.0 Å². The summed E-state index contributed by atoms with van der Waals surface area (Å²) in [6.07, 6.45) is 2.35. The van der Waals surface area contributed by atoms with Gasteiger partial charge in [-0.2, -0.15) is 4.98 Å². The van der Waals surface area contributed by atoms with Crippen LogP contribution < -0.4 is 15.8 Å². The molecule has 0 bridgehead atoms. The maximum absolute atomic E-state index is 5.96. The number of anilines is 2. The SMILES string of the molecule is COCCC(C)Nc1ncnc(OC(C)C)c1N. The fourth-order valence-corrected chi connectivity index (χ4v) is 1.41. The topological polar surface area (TPSA) is 82.3 Å². The number of ether oxygens (including phenoxy) is 2. The lowest BCUT2D eigenvalue weighted by atomic mass is 10.2. The van der Waals surface area contributed by atoms with Gasteiger partial charge in [-0.15, -0.1) is 0 Å². The number of methoxy groups -OCH3 is 1. The van der Waals surface area contributed by atoms with Crippen LogP contribution in [0, 0.1) is 0 Å². The van der Waals surface area contributed by atoms with Gasteiger partial charge in [-0.25, -0.2) is 4.98 Å². The van der Waals surface area contributed by atoms with Crippen LogP contribution in [-0.2, 0) is 4.74 Å². The van der Waals surface area contributed by atoms with Crippen molar-refractivity contribution in [1.82, 2.24) is 9.97 Å². The van der Waals surface area contributed by atoms with E-state index in [4.69, 9.17) is 15.2 Å². The average molecular weight is 254 g/mol. The summed E-state index contributed by atoms with van der Waals surface area (Å²) < 4.78 is 10.5. The molecular formula is C12H22N4O2. The standard InChI is InChI=1S/C12H22N4O2/c1-8(2)18-12-10(13)11(14-7-15-12)16-9(3)5-6-17-4/h7-9H,5-6,13H2,1-4H3,(H,14,15,16). The Bertz CT molecular complexity index is 371. The Morgan fingerprint density at radius 1 is 1.33 bits per heavy atom. The summed E-state index contributed by atoms with van der Waals surface area (Å²) >= 11 is 0. The van der Waals surface area contributed by atoms with Gasteiger partial charge in [0.25, 0.3) is 0 Å². The smallest absolute Gasteiger partial charge is 0.242 e. The number of hydrogen-bond acceptors (Lipinski definition) is 6. The van der Waals surface area contributed by atoms with E-state index in [2.05, 4.69) is 15.3 Å². The molecule has 1 aromatic heterocycles. The van der Waals surface area contributed by atoms with Crippen LogP contribution in [0.5, 0.6) is 5.88 Å². The van der Waals surface area contributed by atoms with Crippen LogP contribution in [0.15, 0.2) is 6.33 Å². The van der Waals surface area contributed by atoms with Crippen LogP contribution >= 0.6 is 0 Å². The molecular weight excluding hydrogens is 232 g/mol. The van der Waals surface area contributed by atoms with Crippen molar-refractivity contribution in [2.75, 3.05) is 24.8 Å². The second-order valence-corrected chi connectivity index (χ2v) is 4.43. The first kappa shape index (κ1) is 14.5. The zero-order valence-electron chi connectivity index (χ0n) is 11.4. The Hall–Kier alpha value is -1.56. The van der Waals surface area contributed by atoms with E-state index in [1.807, 2.05) is 20.8 Å². The second-order valence-electron chi connectivity index (χ2n) is 4.43. The predicted octanol–water partition coefficient (Wildman–Crippen LogP) is 1.68. The highest BCUT2D eigenvalue weighted by Gasteiger charge is 2.12. The van der Waals surface area contributed by atoms with E-state index in [9.17, 15) is 0 Å². The fourth-order valence-electron chi connectivity index (χ4n) is 1.41. The van der Waals surface area contributed by atoms with Crippen molar-refractivity contribution < 1.29 is 9.47 Å². The number of hydrogen-bond donors (Lipinski definition) is 2. The van der Waals surface area contributed by atoms with Gasteiger partial charge in [0.15, 0.2) is 5.82 Å². The first-order chi connectivity index (χ1) is 8.54. The van der Waals surface area contributed by atoms with Gasteiger partial charge in [-0.3, -0.25) is 0 Å². The molecule has 1 unspecified atom stereocenters. The molecule has 3 N–H and O–H groups in total. The third kappa shape index (κ3) is 4.37. The lowest BCUT2D eigenvalue weighted by Crippen LogP contribution is -2.20. The van der Waals surface area contributed by atoms with Gasteiger partial charge >= 0.3 is 0 Å². The van der Waals surface area contributed by atoms with Crippen LogP contribution in [0.3, 0.4) is 0 Å². The van der Waals surface area contributed by atoms with Gasteiger partial charge in [0, 0.05) is 19.8 Å². The first-order valence-electron chi connectivity index (χ1n) is 6.07. The van der Waals surface area contributed by atoms with E-state index < -0.39 is 0 Å². The molecule has 0 fully saturated rings. The first-order valence-corrected chi connectivity index (χ1v) is 6.07. The van der Waals surface area contributed by atoms with Gasteiger partial charge in [-0.05, 0) is 27.2 Å². The van der Waals surface area contributed by atoms with E-state index in [1.165, 1.54) is 6.33 Å². The molecule has 6 nitrogen and oxygen atoms in total.